The Kier molecular flexibility index (Phi) is 12.1. The molecule has 22 heavy (non-hydrogen) atoms. The standard InChI is InChI=1S/C20H38N2/c1-3-5-7-9-11-13-15-19(14-12-10-8-6-4-2)18-20-21-16-17-22-20/h16-17,19H,3-15,18H2,1-2H3,(H,21,22). The molecule has 0 aromatic carbocycles. The first-order valence-electron chi connectivity index (χ1n) is 9.85. The fourth-order valence-corrected chi connectivity index (χ4v) is 3.28. The van der Waals surface area contributed by atoms with E-state index in [4.69, 9.17) is 0 Å². The molecule has 0 saturated heterocycles. The SMILES string of the molecule is CCCCCCCCC(CCCCCCC)Cc1ncc[nH]1. The highest BCUT2D eigenvalue weighted by molar-refractivity contribution is 4.89. The average Bonchev–Trinajstić information content (AvgIpc) is 3.03. The number of imidazole rings is 1. The normalized spacial score (nSPS) is 12.6. The predicted octanol–water partition coefficient (Wildman–Crippen LogP) is 6.68. The summed E-state index contributed by atoms with van der Waals surface area (Å²) in [6.07, 6.45) is 23.2. The van der Waals surface area contributed by atoms with Crippen molar-refractivity contribution in [2.75, 3.05) is 0 Å². The molecule has 1 aromatic rings. The Balaban J connectivity index is 2.19. The zero-order chi connectivity index (χ0) is 15.9. The molecular weight excluding hydrogens is 268 g/mol. The van der Waals surface area contributed by atoms with Gasteiger partial charge in [0.05, 0.1) is 0 Å². The number of H-pyrrole nitrogens is 1. The third-order valence-electron chi connectivity index (χ3n) is 4.72. The van der Waals surface area contributed by atoms with Crippen LogP contribution in [0.1, 0.15) is 103 Å². The first-order valence-corrected chi connectivity index (χ1v) is 9.85. The molecule has 0 bridgehead atoms. The van der Waals surface area contributed by atoms with E-state index >= 15 is 0 Å². The van der Waals surface area contributed by atoms with Gasteiger partial charge in [0.2, 0.25) is 0 Å². The molecule has 0 spiro atoms. The molecule has 1 unspecified atom stereocenters. The predicted molar refractivity (Wildman–Crippen MR) is 97.2 cm³/mol. The van der Waals surface area contributed by atoms with Gasteiger partial charge in [0, 0.05) is 18.8 Å². The van der Waals surface area contributed by atoms with Crippen LogP contribution in [-0.4, -0.2) is 9.97 Å². The average molecular weight is 307 g/mol. The molecule has 1 N–H and O–H groups in total. The molecule has 1 aromatic heterocycles. The van der Waals surface area contributed by atoms with Gasteiger partial charge in [-0.1, -0.05) is 97.3 Å². The maximum atomic E-state index is 4.43. The summed E-state index contributed by atoms with van der Waals surface area (Å²) in [5.41, 5.74) is 0. The van der Waals surface area contributed by atoms with Gasteiger partial charge >= 0.3 is 0 Å². The maximum absolute atomic E-state index is 4.43. The summed E-state index contributed by atoms with van der Waals surface area (Å²) in [5, 5.41) is 0. The van der Waals surface area contributed by atoms with E-state index in [0.29, 0.717) is 0 Å². The zero-order valence-electron chi connectivity index (χ0n) is 15.1. The lowest BCUT2D eigenvalue weighted by molar-refractivity contribution is 0.396. The third-order valence-corrected chi connectivity index (χ3v) is 4.72. The first-order chi connectivity index (χ1) is 10.9. The van der Waals surface area contributed by atoms with Crippen LogP contribution in [0.2, 0.25) is 0 Å². The van der Waals surface area contributed by atoms with Gasteiger partial charge in [0.15, 0.2) is 0 Å². The summed E-state index contributed by atoms with van der Waals surface area (Å²) in [4.78, 5) is 7.71. The molecule has 0 saturated carbocycles. The molecule has 128 valence electrons. The van der Waals surface area contributed by atoms with Crippen LogP contribution in [0.25, 0.3) is 0 Å². The lowest BCUT2D eigenvalue weighted by Crippen LogP contribution is -2.06. The molecule has 0 radical (unpaired) electrons. The van der Waals surface area contributed by atoms with Crippen LogP contribution < -0.4 is 0 Å². The van der Waals surface area contributed by atoms with Crippen LogP contribution in [0.5, 0.6) is 0 Å². The van der Waals surface area contributed by atoms with E-state index < -0.39 is 0 Å². The minimum absolute atomic E-state index is 0.832. The van der Waals surface area contributed by atoms with Crippen LogP contribution >= 0.6 is 0 Å². The van der Waals surface area contributed by atoms with Gasteiger partial charge in [-0.05, 0) is 5.92 Å². The molecule has 0 aliphatic carbocycles. The monoisotopic (exact) mass is 306 g/mol. The second kappa shape index (κ2) is 13.8. The highest BCUT2D eigenvalue weighted by Gasteiger charge is 2.11. The van der Waals surface area contributed by atoms with Crippen LogP contribution in [0.3, 0.4) is 0 Å². The number of nitrogens with one attached hydrogen (secondary N) is 1. The second-order valence-electron chi connectivity index (χ2n) is 6.87. The van der Waals surface area contributed by atoms with Crippen molar-refractivity contribution in [1.82, 2.24) is 9.97 Å². The summed E-state index contributed by atoms with van der Waals surface area (Å²) in [7, 11) is 0. The number of aromatic amines is 1. The third kappa shape index (κ3) is 10.0. The van der Waals surface area contributed by atoms with Crippen molar-refractivity contribution in [1.29, 1.82) is 0 Å². The van der Waals surface area contributed by atoms with Crippen molar-refractivity contribution in [3.8, 4) is 0 Å². The fourth-order valence-electron chi connectivity index (χ4n) is 3.28. The Labute approximate surface area is 138 Å². The zero-order valence-corrected chi connectivity index (χ0v) is 15.1. The maximum Gasteiger partial charge on any atom is 0.106 e. The number of aromatic nitrogens is 2. The van der Waals surface area contributed by atoms with Crippen molar-refractivity contribution in [2.24, 2.45) is 5.92 Å². The van der Waals surface area contributed by atoms with Gasteiger partial charge in [-0.15, -0.1) is 0 Å². The summed E-state index contributed by atoms with van der Waals surface area (Å²) in [6, 6.07) is 0. The van der Waals surface area contributed by atoms with Gasteiger partial charge in [0.1, 0.15) is 5.82 Å². The Hall–Kier alpha value is -0.790. The lowest BCUT2D eigenvalue weighted by atomic mass is 9.91. The van der Waals surface area contributed by atoms with Crippen LogP contribution in [0.4, 0.5) is 0 Å². The molecule has 0 fully saturated rings. The van der Waals surface area contributed by atoms with Crippen molar-refractivity contribution in [3.63, 3.8) is 0 Å². The van der Waals surface area contributed by atoms with Crippen LogP contribution in [0, 0.1) is 5.92 Å². The van der Waals surface area contributed by atoms with E-state index in [-0.39, 0.29) is 0 Å². The van der Waals surface area contributed by atoms with Crippen molar-refractivity contribution in [3.05, 3.63) is 18.2 Å². The molecular formula is C20H38N2. The molecule has 1 atom stereocenters. The summed E-state index contributed by atoms with van der Waals surface area (Å²) >= 11 is 0. The summed E-state index contributed by atoms with van der Waals surface area (Å²) in [5.74, 6) is 2.02. The Bertz CT molecular complexity index is 318. The van der Waals surface area contributed by atoms with Gasteiger partial charge in [-0.25, -0.2) is 4.98 Å². The smallest absolute Gasteiger partial charge is 0.106 e. The van der Waals surface area contributed by atoms with Crippen molar-refractivity contribution < 1.29 is 0 Å². The molecule has 2 heteroatoms. The quantitative estimate of drug-likeness (QED) is 0.360. The van der Waals surface area contributed by atoms with Crippen molar-refractivity contribution >= 4 is 0 Å². The van der Waals surface area contributed by atoms with E-state index in [2.05, 4.69) is 23.8 Å². The molecule has 1 rings (SSSR count). The minimum atomic E-state index is 0.832. The summed E-state index contributed by atoms with van der Waals surface area (Å²) in [6.45, 7) is 4.58. The van der Waals surface area contributed by atoms with Gasteiger partial charge in [0.25, 0.3) is 0 Å². The molecule has 1 heterocycles. The van der Waals surface area contributed by atoms with Gasteiger partial charge < -0.3 is 4.98 Å². The summed E-state index contributed by atoms with van der Waals surface area (Å²) < 4.78 is 0. The van der Waals surface area contributed by atoms with Gasteiger partial charge in [-0.3, -0.25) is 0 Å². The highest BCUT2D eigenvalue weighted by atomic mass is 14.9. The van der Waals surface area contributed by atoms with Gasteiger partial charge in [-0.2, -0.15) is 0 Å². The highest BCUT2D eigenvalue weighted by Crippen LogP contribution is 2.21. The first kappa shape index (κ1) is 19.3. The Morgan fingerprint density at radius 1 is 0.818 bits per heavy atom. The number of hydrogen-bond donors (Lipinski definition) is 1. The Morgan fingerprint density at radius 3 is 1.86 bits per heavy atom. The van der Waals surface area contributed by atoms with E-state index in [0.717, 1.165) is 12.3 Å². The molecule has 0 aliphatic rings. The molecule has 0 aliphatic heterocycles. The number of nitrogens with zero attached hydrogens (tertiary/aromatic N) is 1. The fraction of sp³-hybridized carbons (Fsp3) is 0.850. The van der Waals surface area contributed by atoms with Crippen LogP contribution in [-0.2, 0) is 6.42 Å². The molecule has 0 amide bonds. The van der Waals surface area contributed by atoms with E-state index in [1.807, 2.05) is 12.4 Å². The second-order valence-corrected chi connectivity index (χ2v) is 6.87. The van der Waals surface area contributed by atoms with E-state index in [1.165, 1.54) is 89.3 Å². The minimum Gasteiger partial charge on any atom is -0.349 e. The van der Waals surface area contributed by atoms with E-state index in [1.54, 1.807) is 0 Å². The van der Waals surface area contributed by atoms with E-state index in [9.17, 15) is 0 Å². The number of rotatable bonds is 15. The molecule has 2 nitrogen and oxygen atoms in total. The van der Waals surface area contributed by atoms with Crippen molar-refractivity contribution in [2.45, 2.75) is 104 Å². The Morgan fingerprint density at radius 2 is 1.36 bits per heavy atom. The topological polar surface area (TPSA) is 28.7 Å². The number of unbranched alkanes of at least 4 members (excludes halogenated alkanes) is 9. The largest absolute Gasteiger partial charge is 0.349 e. The number of hydrogen-bond acceptors (Lipinski definition) is 1. The van der Waals surface area contributed by atoms with Crippen LogP contribution in [0.15, 0.2) is 12.4 Å². The lowest BCUT2D eigenvalue weighted by Gasteiger charge is -2.16.